The van der Waals surface area contributed by atoms with Crippen LogP contribution in [0.4, 0.5) is 34.1 Å². The minimum Gasteiger partial charge on any atom is -0.508 e. The topological polar surface area (TPSA) is 35.9 Å². The van der Waals surface area contributed by atoms with Gasteiger partial charge in [0.05, 0.1) is 24.2 Å². The molecule has 172 valence electrons. The van der Waals surface area contributed by atoms with Crippen LogP contribution in [0, 0.1) is 0 Å². The maximum absolute atomic E-state index is 10.9. The lowest BCUT2D eigenvalue weighted by Gasteiger charge is -2.30. The Bertz CT molecular complexity index is 1350. The number of para-hydroxylation sites is 5. The summed E-state index contributed by atoms with van der Waals surface area (Å²) in [6.45, 7) is 0. The summed E-state index contributed by atoms with van der Waals surface area (Å²) in [6.07, 6.45) is 0. The predicted octanol–water partition coefficient (Wildman–Crippen LogP) is 8.34. The molecule has 0 spiro atoms. The summed E-state index contributed by atoms with van der Waals surface area (Å²) in [5.41, 5.74) is 5.49. The number of phenols is 1. The number of benzene rings is 5. The Morgan fingerprint density at radius 3 is 1.43 bits per heavy atom. The number of hydrogen-bond acceptors (Lipinski definition) is 4. The van der Waals surface area contributed by atoms with E-state index in [1.54, 1.807) is 19.2 Å². The fraction of sp³-hybridized carbons (Fsp3) is 0.0323. The van der Waals surface area contributed by atoms with Gasteiger partial charge in [0.1, 0.15) is 11.5 Å². The van der Waals surface area contributed by atoms with Gasteiger partial charge in [0.2, 0.25) is 0 Å². The third-order valence-electron chi connectivity index (χ3n) is 5.77. The van der Waals surface area contributed by atoms with Gasteiger partial charge in [-0.2, -0.15) is 0 Å². The van der Waals surface area contributed by atoms with Crippen molar-refractivity contribution in [3.63, 3.8) is 0 Å². The van der Waals surface area contributed by atoms with Crippen LogP contribution < -0.4 is 14.5 Å². The van der Waals surface area contributed by atoms with Crippen molar-refractivity contribution < 1.29 is 9.84 Å². The molecule has 0 bridgehead atoms. The Morgan fingerprint density at radius 1 is 0.486 bits per heavy atom. The third kappa shape index (κ3) is 4.68. The van der Waals surface area contributed by atoms with Gasteiger partial charge < -0.3 is 19.6 Å². The first kappa shape index (κ1) is 22.1. The van der Waals surface area contributed by atoms with Crippen molar-refractivity contribution in [2.75, 3.05) is 16.9 Å². The third-order valence-corrected chi connectivity index (χ3v) is 5.77. The van der Waals surface area contributed by atoms with E-state index in [0.717, 1.165) is 39.9 Å². The van der Waals surface area contributed by atoms with Gasteiger partial charge in [-0.25, -0.2) is 0 Å². The van der Waals surface area contributed by atoms with Crippen LogP contribution in [0.2, 0.25) is 0 Å². The van der Waals surface area contributed by atoms with Gasteiger partial charge in [0.25, 0.3) is 0 Å². The van der Waals surface area contributed by atoms with Crippen molar-refractivity contribution in [2.45, 2.75) is 0 Å². The lowest BCUT2D eigenvalue weighted by molar-refractivity contribution is 0.416. The van der Waals surface area contributed by atoms with E-state index in [2.05, 4.69) is 40.1 Å². The van der Waals surface area contributed by atoms with Crippen LogP contribution in [-0.2, 0) is 0 Å². The fourth-order valence-electron chi connectivity index (χ4n) is 4.26. The molecule has 4 heteroatoms. The summed E-state index contributed by atoms with van der Waals surface area (Å²) in [5.74, 6) is 0.911. The van der Waals surface area contributed by atoms with E-state index < -0.39 is 0 Å². The number of phenolic OH excluding ortho intramolecular Hbond substituents is 1. The smallest absolute Gasteiger partial charge is 0.142 e. The van der Waals surface area contributed by atoms with E-state index in [9.17, 15) is 5.11 Å². The van der Waals surface area contributed by atoms with Gasteiger partial charge in [-0.3, -0.25) is 0 Å². The summed E-state index contributed by atoms with van der Waals surface area (Å²) in [5, 5.41) is 10.9. The number of hydrogen-bond donors (Lipinski definition) is 1. The van der Waals surface area contributed by atoms with E-state index >= 15 is 0 Å². The van der Waals surface area contributed by atoms with Gasteiger partial charge in [-0.05, 0) is 54.6 Å². The maximum atomic E-state index is 10.9. The van der Waals surface area contributed by atoms with Crippen LogP contribution in [-0.4, -0.2) is 12.2 Å². The molecule has 0 aliphatic rings. The van der Waals surface area contributed by atoms with Gasteiger partial charge in [0.15, 0.2) is 0 Å². The maximum Gasteiger partial charge on any atom is 0.142 e. The Hall–Kier alpha value is -4.70. The highest BCUT2D eigenvalue weighted by Gasteiger charge is 2.20. The molecule has 0 unspecified atom stereocenters. The second kappa shape index (κ2) is 10.1. The largest absolute Gasteiger partial charge is 0.508 e. The van der Waals surface area contributed by atoms with Crippen molar-refractivity contribution in [3.05, 3.63) is 133 Å². The number of ether oxygens (including phenoxy) is 1. The lowest BCUT2D eigenvalue weighted by atomic mass is 10.1. The fourth-order valence-corrected chi connectivity index (χ4v) is 4.26. The first-order valence-electron chi connectivity index (χ1n) is 11.5. The number of anilines is 6. The number of rotatable bonds is 7. The molecule has 0 aliphatic carbocycles. The van der Waals surface area contributed by atoms with Crippen molar-refractivity contribution in [1.82, 2.24) is 0 Å². The molecule has 1 N–H and O–H groups in total. The molecular formula is C31H26N2O2. The Labute approximate surface area is 205 Å². The van der Waals surface area contributed by atoms with E-state index in [-0.39, 0.29) is 5.75 Å². The molecule has 0 heterocycles. The molecule has 0 radical (unpaired) electrons. The molecule has 0 saturated carbocycles. The first-order chi connectivity index (χ1) is 17.2. The normalized spacial score (nSPS) is 10.5. The molecule has 35 heavy (non-hydrogen) atoms. The summed E-state index contributed by atoms with van der Waals surface area (Å²) in [7, 11) is 1.67. The minimum atomic E-state index is 0.171. The van der Waals surface area contributed by atoms with Gasteiger partial charge in [-0.15, -0.1) is 0 Å². The first-order valence-corrected chi connectivity index (χ1v) is 11.5. The quantitative estimate of drug-likeness (QED) is 0.266. The molecule has 0 aliphatic heterocycles. The van der Waals surface area contributed by atoms with Gasteiger partial charge in [0, 0.05) is 29.2 Å². The van der Waals surface area contributed by atoms with Gasteiger partial charge >= 0.3 is 0 Å². The van der Waals surface area contributed by atoms with Crippen LogP contribution in [0.15, 0.2) is 133 Å². The highest BCUT2D eigenvalue weighted by Crippen LogP contribution is 2.44. The molecule has 5 aromatic rings. The average molecular weight is 459 g/mol. The summed E-state index contributed by atoms with van der Waals surface area (Å²) in [6, 6.07) is 43.9. The molecule has 0 fully saturated rings. The lowest BCUT2D eigenvalue weighted by Crippen LogP contribution is -2.13. The van der Waals surface area contributed by atoms with Crippen molar-refractivity contribution in [3.8, 4) is 11.5 Å². The Morgan fingerprint density at radius 2 is 0.914 bits per heavy atom. The van der Waals surface area contributed by atoms with E-state index in [4.69, 9.17) is 4.74 Å². The van der Waals surface area contributed by atoms with Crippen molar-refractivity contribution >= 4 is 34.1 Å². The molecule has 5 rings (SSSR count). The number of methoxy groups -OCH3 is 1. The zero-order chi connectivity index (χ0) is 24.0. The summed E-state index contributed by atoms with van der Waals surface area (Å²) >= 11 is 0. The molecule has 5 aromatic carbocycles. The van der Waals surface area contributed by atoms with Crippen molar-refractivity contribution in [2.24, 2.45) is 0 Å². The zero-order valence-corrected chi connectivity index (χ0v) is 19.5. The highest BCUT2D eigenvalue weighted by molar-refractivity contribution is 5.85. The van der Waals surface area contributed by atoms with E-state index in [1.807, 2.05) is 91.0 Å². The van der Waals surface area contributed by atoms with E-state index in [0.29, 0.717) is 0 Å². The van der Waals surface area contributed by atoms with E-state index in [1.165, 1.54) is 0 Å². The number of aromatic hydroxyl groups is 1. The van der Waals surface area contributed by atoms with Crippen LogP contribution in [0.1, 0.15) is 0 Å². The molecule has 4 nitrogen and oxygen atoms in total. The second-order valence-electron chi connectivity index (χ2n) is 8.06. The van der Waals surface area contributed by atoms with Crippen LogP contribution in [0.5, 0.6) is 11.5 Å². The molecule has 0 atom stereocenters. The average Bonchev–Trinajstić information content (AvgIpc) is 2.91. The standard InChI is InChI=1S/C31H26N2O2/c1-35-31-20-12-11-19-30(31)33(26-17-9-4-10-18-26)28-21-27(22-29(34)23-28)32(24-13-5-2-6-14-24)25-15-7-3-8-16-25/h2-23,34H,1H3. The Balaban J connectivity index is 1.72. The monoisotopic (exact) mass is 458 g/mol. The summed E-state index contributed by atoms with van der Waals surface area (Å²) < 4.78 is 5.70. The van der Waals surface area contributed by atoms with Crippen LogP contribution >= 0.6 is 0 Å². The zero-order valence-electron chi connectivity index (χ0n) is 19.5. The molecule has 0 saturated heterocycles. The summed E-state index contributed by atoms with van der Waals surface area (Å²) in [4.78, 5) is 4.23. The Kier molecular flexibility index (Phi) is 6.35. The SMILES string of the molecule is COc1ccccc1N(c1ccccc1)c1cc(O)cc(N(c2ccccc2)c2ccccc2)c1. The van der Waals surface area contributed by atoms with Gasteiger partial charge in [-0.1, -0.05) is 66.7 Å². The molecule has 0 aromatic heterocycles. The second-order valence-corrected chi connectivity index (χ2v) is 8.06. The van der Waals surface area contributed by atoms with Crippen LogP contribution in [0.3, 0.4) is 0 Å². The highest BCUT2D eigenvalue weighted by atomic mass is 16.5. The molecule has 0 amide bonds. The minimum absolute atomic E-state index is 0.171. The number of nitrogens with zero attached hydrogens (tertiary/aromatic N) is 2. The predicted molar refractivity (Wildman–Crippen MR) is 144 cm³/mol. The van der Waals surface area contributed by atoms with Crippen LogP contribution in [0.25, 0.3) is 0 Å². The van der Waals surface area contributed by atoms with Crippen molar-refractivity contribution in [1.29, 1.82) is 0 Å². The molecular weight excluding hydrogens is 432 g/mol.